The number of rotatable bonds is 5. The van der Waals surface area contributed by atoms with Crippen molar-refractivity contribution in [3.05, 3.63) is 58.2 Å². The molecular weight excluding hydrogens is 457 g/mol. The molecule has 2 aromatic carbocycles. The van der Waals surface area contributed by atoms with Gasteiger partial charge in [0.1, 0.15) is 16.2 Å². The highest BCUT2D eigenvalue weighted by atomic mass is 35.5. The Morgan fingerprint density at radius 1 is 1.13 bits per heavy atom. The molecule has 2 aromatic heterocycles. The highest BCUT2D eigenvalue weighted by molar-refractivity contribution is 7.23. The smallest absolute Gasteiger partial charge is 0.271 e. The number of morpholine rings is 1. The van der Waals surface area contributed by atoms with Gasteiger partial charge in [0.05, 0.1) is 22.9 Å². The third kappa shape index (κ3) is 4.06. The molecule has 0 bridgehead atoms. The minimum absolute atomic E-state index is 0.209. The molecule has 160 valence electrons. The van der Waals surface area contributed by atoms with Crippen LogP contribution in [0.4, 0.5) is 9.52 Å². The molecule has 0 N–H and O–H groups in total. The number of fused-ring (bicyclic) bond motifs is 2. The highest BCUT2D eigenvalue weighted by Crippen LogP contribution is 2.38. The quantitative estimate of drug-likeness (QED) is 0.394. The fraction of sp³-hybridized carbons (Fsp3) is 0.273. The summed E-state index contributed by atoms with van der Waals surface area (Å²) in [5.41, 5.74) is 0.286. The Morgan fingerprint density at radius 2 is 1.90 bits per heavy atom. The van der Waals surface area contributed by atoms with Crippen LogP contribution in [0, 0.1) is 5.82 Å². The fourth-order valence-electron chi connectivity index (χ4n) is 3.64. The number of benzene rings is 2. The SMILES string of the molecule is O=C(c1sc2ccccc2c1Cl)N(CCN1CCOCC1)c1nc2c(F)cccc2s1. The average molecular weight is 476 g/mol. The maximum atomic E-state index is 14.3. The molecule has 5 rings (SSSR count). The zero-order valence-corrected chi connectivity index (χ0v) is 18.9. The molecule has 5 nitrogen and oxygen atoms in total. The summed E-state index contributed by atoms with van der Waals surface area (Å²) in [7, 11) is 0. The second kappa shape index (κ2) is 8.80. The number of hydrogen-bond acceptors (Lipinski definition) is 6. The van der Waals surface area contributed by atoms with Crippen LogP contribution in [-0.2, 0) is 4.74 Å². The number of ether oxygens (including phenoxy) is 1. The Bertz CT molecular complexity index is 1250. The van der Waals surface area contributed by atoms with Crippen molar-refractivity contribution in [1.82, 2.24) is 9.88 Å². The number of para-hydroxylation sites is 1. The molecule has 0 aliphatic carbocycles. The lowest BCUT2D eigenvalue weighted by Gasteiger charge is -2.29. The Hall–Kier alpha value is -2.10. The minimum atomic E-state index is -0.388. The van der Waals surface area contributed by atoms with E-state index in [1.807, 2.05) is 30.3 Å². The summed E-state index contributed by atoms with van der Waals surface area (Å²) >= 11 is 9.28. The van der Waals surface area contributed by atoms with Crippen molar-refractivity contribution in [3.63, 3.8) is 0 Å². The largest absolute Gasteiger partial charge is 0.379 e. The fourth-order valence-corrected chi connectivity index (χ4v) is 6.11. The lowest BCUT2D eigenvalue weighted by molar-refractivity contribution is 0.0391. The van der Waals surface area contributed by atoms with Crippen LogP contribution in [0.3, 0.4) is 0 Å². The van der Waals surface area contributed by atoms with Crippen molar-refractivity contribution in [2.75, 3.05) is 44.3 Å². The lowest BCUT2D eigenvalue weighted by Crippen LogP contribution is -2.43. The van der Waals surface area contributed by atoms with Crippen molar-refractivity contribution in [2.45, 2.75) is 0 Å². The molecule has 0 unspecified atom stereocenters. The summed E-state index contributed by atoms with van der Waals surface area (Å²) in [6.07, 6.45) is 0. The molecular formula is C22H19ClFN3O2S2. The van der Waals surface area contributed by atoms with Gasteiger partial charge in [0, 0.05) is 36.3 Å². The van der Waals surface area contributed by atoms with Gasteiger partial charge < -0.3 is 4.74 Å². The second-order valence-electron chi connectivity index (χ2n) is 7.24. The highest BCUT2D eigenvalue weighted by Gasteiger charge is 2.27. The first kappa shape index (κ1) is 20.8. The molecule has 9 heteroatoms. The standard InChI is InChI=1S/C22H19ClFN3O2S2/c23-18-14-4-1-2-6-16(14)30-20(18)21(28)27(9-8-26-10-12-29-13-11-26)22-25-19-15(24)5-3-7-17(19)31-22/h1-7H,8-13H2. The predicted octanol–water partition coefficient (Wildman–Crippen LogP) is 5.28. The van der Waals surface area contributed by atoms with E-state index >= 15 is 0 Å². The predicted molar refractivity (Wildman–Crippen MR) is 125 cm³/mol. The molecule has 31 heavy (non-hydrogen) atoms. The number of halogens is 2. The molecule has 0 saturated carbocycles. The van der Waals surface area contributed by atoms with E-state index in [9.17, 15) is 9.18 Å². The van der Waals surface area contributed by atoms with Crippen LogP contribution in [0.1, 0.15) is 9.67 Å². The normalized spacial score (nSPS) is 15.0. The van der Waals surface area contributed by atoms with Gasteiger partial charge in [0.25, 0.3) is 5.91 Å². The van der Waals surface area contributed by atoms with Gasteiger partial charge in [-0.2, -0.15) is 0 Å². The second-order valence-corrected chi connectivity index (χ2v) is 9.67. The van der Waals surface area contributed by atoms with Crippen molar-refractivity contribution in [1.29, 1.82) is 0 Å². The first-order chi connectivity index (χ1) is 15.1. The number of amides is 1. The van der Waals surface area contributed by atoms with Gasteiger partial charge in [0.15, 0.2) is 5.13 Å². The van der Waals surface area contributed by atoms with Crippen molar-refractivity contribution < 1.29 is 13.9 Å². The molecule has 3 heterocycles. The summed E-state index contributed by atoms with van der Waals surface area (Å²) in [5, 5.41) is 1.79. The van der Waals surface area contributed by atoms with Gasteiger partial charge in [-0.05, 0) is 18.2 Å². The lowest BCUT2D eigenvalue weighted by atomic mass is 10.2. The third-order valence-electron chi connectivity index (χ3n) is 5.31. The molecule has 0 radical (unpaired) electrons. The number of nitrogens with zero attached hydrogens (tertiary/aromatic N) is 3. The summed E-state index contributed by atoms with van der Waals surface area (Å²) < 4.78 is 21.4. The van der Waals surface area contributed by atoms with Crippen LogP contribution in [0.5, 0.6) is 0 Å². The third-order valence-corrected chi connectivity index (χ3v) is 8.01. The first-order valence-electron chi connectivity index (χ1n) is 9.96. The van der Waals surface area contributed by atoms with E-state index < -0.39 is 0 Å². The average Bonchev–Trinajstić information content (AvgIpc) is 3.37. The number of carbonyl (C=O) groups excluding carboxylic acids is 1. The molecule has 1 amide bonds. The van der Waals surface area contributed by atoms with Crippen LogP contribution in [0.25, 0.3) is 20.3 Å². The molecule has 0 atom stereocenters. The zero-order valence-electron chi connectivity index (χ0n) is 16.5. The van der Waals surface area contributed by atoms with E-state index in [1.54, 1.807) is 11.0 Å². The number of anilines is 1. The van der Waals surface area contributed by atoms with Crippen LogP contribution < -0.4 is 4.90 Å². The molecule has 1 aliphatic heterocycles. The maximum Gasteiger partial charge on any atom is 0.271 e. The Morgan fingerprint density at radius 3 is 2.68 bits per heavy atom. The van der Waals surface area contributed by atoms with Crippen LogP contribution in [-0.4, -0.2) is 55.2 Å². The number of carbonyl (C=O) groups is 1. The number of hydrogen-bond donors (Lipinski definition) is 0. The van der Waals surface area contributed by atoms with E-state index in [4.69, 9.17) is 16.3 Å². The Labute approximate surface area is 191 Å². The Kier molecular flexibility index (Phi) is 5.90. The topological polar surface area (TPSA) is 45.7 Å². The first-order valence-corrected chi connectivity index (χ1v) is 12.0. The van der Waals surface area contributed by atoms with Crippen molar-refractivity contribution >= 4 is 65.6 Å². The number of thiophene rings is 1. The van der Waals surface area contributed by atoms with Crippen LogP contribution in [0.15, 0.2) is 42.5 Å². The van der Waals surface area contributed by atoms with Gasteiger partial charge >= 0.3 is 0 Å². The van der Waals surface area contributed by atoms with Gasteiger partial charge in [-0.1, -0.05) is 47.2 Å². The van der Waals surface area contributed by atoms with Crippen LogP contribution in [0.2, 0.25) is 5.02 Å². The van der Waals surface area contributed by atoms with E-state index in [0.29, 0.717) is 46.0 Å². The summed E-state index contributed by atoms with van der Waals surface area (Å²) in [4.78, 5) is 22.5. The minimum Gasteiger partial charge on any atom is -0.379 e. The van der Waals surface area contributed by atoms with Crippen molar-refractivity contribution in [3.8, 4) is 0 Å². The Balaban J connectivity index is 1.52. The van der Waals surface area contributed by atoms with Crippen LogP contribution >= 0.6 is 34.3 Å². The molecule has 4 aromatic rings. The van der Waals surface area contributed by atoms with Gasteiger partial charge in [-0.3, -0.25) is 14.6 Å². The summed E-state index contributed by atoms with van der Waals surface area (Å²) in [5.74, 6) is -0.598. The number of aromatic nitrogens is 1. The van der Waals surface area contributed by atoms with E-state index in [0.717, 1.165) is 23.2 Å². The number of thiazole rings is 1. The van der Waals surface area contributed by atoms with Gasteiger partial charge in [0.2, 0.25) is 0 Å². The maximum absolute atomic E-state index is 14.3. The molecule has 0 spiro atoms. The van der Waals surface area contributed by atoms with Gasteiger partial charge in [-0.25, -0.2) is 9.37 Å². The summed E-state index contributed by atoms with van der Waals surface area (Å²) in [6.45, 7) is 4.12. The zero-order chi connectivity index (χ0) is 21.4. The van der Waals surface area contributed by atoms with Crippen molar-refractivity contribution in [2.24, 2.45) is 0 Å². The van der Waals surface area contributed by atoms with E-state index in [-0.39, 0.29) is 17.2 Å². The molecule has 1 aliphatic rings. The van der Waals surface area contributed by atoms with E-state index in [2.05, 4.69) is 9.88 Å². The molecule has 1 fully saturated rings. The summed E-state index contributed by atoms with van der Waals surface area (Å²) in [6, 6.07) is 12.6. The van der Waals surface area contributed by atoms with E-state index in [1.165, 1.54) is 28.7 Å². The molecule has 1 saturated heterocycles. The van der Waals surface area contributed by atoms with Gasteiger partial charge in [-0.15, -0.1) is 11.3 Å². The monoisotopic (exact) mass is 475 g/mol.